The van der Waals surface area contributed by atoms with Crippen LogP contribution in [0.25, 0.3) is 5.70 Å². The van der Waals surface area contributed by atoms with Crippen LogP contribution in [-0.2, 0) is 10.9 Å². The zero-order chi connectivity index (χ0) is 16.5. The first-order chi connectivity index (χ1) is 10.3. The molecule has 0 radical (unpaired) electrons. The van der Waals surface area contributed by atoms with Crippen LogP contribution in [0.5, 0.6) is 0 Å². The quantitative estimate of drug-likeness (QED) is 0.478. The number of allylic oxidation sites excluding steroid dienone is 1. The maximum absolute atomic E-state index is 6.50. The molecule has 0 aliphatic heterocycles. The summed E-state index contributed by atoms with van der Waals surface area (Å²) in [5.74, 6) is 0. The predicted octanol–water partition coefficient (Wildman–Crippen LogP) is 6.04. The van der Waals surface area contributed by atoms with Crippen LogP contribution in [0.4, 0.5) is 0 Å². The average molecular weight is 382 g/mol. The number of hydrogen-bond acceptors (Lipinski definition) is 2. The number of benzene rings is 1. The largest absolute Gasteiger partial charge is 0.321 e. The van der Waals surface area contributed by atoms with Gasteiger partial charge in [-0.15, -0.1) is 0 Å². The predicted molar refractivity (Wildman–Crippen MR) is 101 cm³/mol. The van der Waals surface area contributed by atoms with E-state index in [1.54, 1.807) is 0 Å². The lowest BCUT2D eigenvalue weighted by atomic mass is 10.1. The standard InChI is InChI=1S/C18H28BrNOSi/c1-12(2)22(13(3)4,14(5)6)21-20-18-10-8-15-7-9-16(19)11-17(15)18/h7,9-14,20H,8H2,1-6H3. The van der Waals surface area contributed by atoms with Crippen molar-refractivity contribution in [2.75, 3.05) is 0 Å². The van der Waals surface area contributed by atoms with E-state index in [-0.39, 0.29) is 0 Å². The topological polar surface area (TPSA) is 21.3 Å². The molecule has 0 heterocycles. The number of halogens is 1. The molecule has 0 amide bonds. The van der Waals surface area contributed by atoms with Gasteiger partial charge in [0.1, 0.15) is 0 Å². The maximum atomic E-state index is 6.50. The number of rotatable bonds is 6. The molecule has 1 aliphatic carbocycles. The second-order valence-electron chi connectivity index (χ2n) is 7.15. The van der Waals surface area contributed by atoms with Crippen molar-refractivity contribution >= 4 is 29.9 Å². The summed E-state index contributed by atoms with van der Waals surface area (Å²) in [6.07, 6.45) is 3.21. The molecule has 0 atom stereocenters. The van der Waals surface area contributed by atoms with E-state index in [2.05, 4.69) is 87.2 Å². The molecule has 2 rings (SSSR count). The van der Waals surface area contributed by atoms with E-state index in [1.165, 1.54) is 11.1 Å². The number of hydrogen-bond donors (Lipinski definition) is 1. The second kappa shape index (κ2) is 6.89. The second-order valence-corrected chi connectivity index (χ2v) is 13.4. The number of hydroxylamine groups is 1. The van der Waals surface area contributed by atoms with Crippen LogP contribution >= 0.6 is 15.9 Å². The minimum absolute atomic E-state index is 0.573. The Labute approximate surface area is 144 Å². The highest BCUT2D eigenvalue weighted by molar-refractivity contribution is 9.10. The smallest absolute Gasteiger partial charge is 0.236 e. The molecule has 2 nitrogen and oxygen atoms in total. The van der Waals surface area contributed by atoms with Crippen molar-refractivity contribution in [1.29, 1.82) is 0 Å². The first kappa shape index (κ1) is 17.8. The van der Waals surface area contributed by atoms with Crippen LogP contribution in [0.1, 0.15) is 52.7 Å². The normalized spacial score (nSPS) is 14.7. The molecule has 0 spiro atoms. The summed E-state index contributed by atoms with van der Waals surface area (Å²) in [7, 11) is -1.89. The summed E-state index contributed by atoms with van der Waals surface area (Å²) in [5, 5.41) is 0. The fourth-order valence-corrected chi connectivity index (χ4v) is 9.25. The molecule has 4 heteroatoms. The van der Waals surface area contributed by atoms with Crippen LogP contribution < -0.4 is 5.48 Å². The van der Waals surface area contributed by atoms with Crippen LogP contribution in [0.3, 0.4) is 0 Å². The Kier molecular flexibility index (Phi) is 5.57. The molecule has 1 aromatic carbocycles. The van der Waals surface area contributed by atoms with Crippen molar-refractivity contribution < 1.29 is 4.53 Å². The van der Waals surface area contributed by atoms with Gasteiger partial charge in [0.2, 0.25) is 8.32 Å². The molecule has 0 saturated carbocycles. The van der Waals surface area contributed by atoms with Crippen molar-refractivity contribution in [1.82, 2.24) is 5.48 Å². The van der Waals surface area contributed by atoms with E-state index in [0.29, 0.717) is 16.6 Å². The Morgan fingerprint density at radius 3 is 2.18 bits per heavy atom. The van der Waals surface area contributed by atoms with Gasteiger partial charge in [0.15, 0.2) is 0 Å². The van der Waals surface area contributed by atoms with Gasteiger partial charge in [-0.2, -0.15) is 0 Å². The number of nitrogens with one attached hydrogen (secondary N) is 1. The summed E-state index contributed by atoms with van der Waals surface area (Å²) in [6.45, 7) is 13.8. The highest BCUT2D eigenvalue weighted by Crippen LogP contribution is 2.42. The molecule has 1 aromatic rings. The fraction of sp³-hybridized carbons (Fsp3) is 0.556. The van der Waals surface area contributed by atoms with Gasteiger partial charge in [0, 0.05) is 10.0 Å². The van der Waals surface area contributed by atoms with E-state index in [1.807, 2.05) is 0 Å². The lowest BCUT2D eigenvalue weighted by Gasteiger charge is -2.41. The Balaban J connectivity index is 2.21. The van der Waals surface area contributed by atoms with E-state index in [0.717, 1.165) is 16.6 Å². The highest BCUT2D eigenvalue weighted by atomic mass is 79.9. The fourth-order valence-electron chi connectivity index (χ4n) is 3.89. The first-order valence-corrected chi connectivity index (χ1v) is 11.1. The van der Waals surface area contributed by atoms with Crippen LogP contribution in [-0.4, -0.2) is 8.32 Å². The summed E-state index contributed by atoms with van der Waals surface area (Å²) >= 11 is 3.57. The third kappa shape index (κ3) is 3.19. The van der Waals surface area contributed by atoms with Gasteiger partial charge in [-0.05, 0) is 40.7 Å². The third-order valence-corrected chi connectivity index (χ3v) is 11.3. The Bertz CT molecular complexity index is 544. The van der Waals surface area contributed by atoms with Gasteiger partial charge < -0.3 is 4.53 Å². The SMILES string of the molecule is CC(C)[Si](ONC1=CCc2ccc(Br)cc21)(C(C)C)C(C)C. The molecule has 0 saturated heterocycles. The van der Waals surface area contributed by atoms with E-state index in [4.69, 9.17) is 4.53 Å². The first-order valence-electron chi connectivity index (χ1n) is 8.22. The Morgan fingerprint density at radius 1 is 1.05 bits per heavy atom. The zero-order valence-corrected chi connectivity index (χ0v) is 17.1. The van der Waals surface area contributed by atoms with Gasteiger partial charge in [-0.3, -0.25) is 5.48 Å². The van der Waals surface area contributed by atoms with E-state index in [9.17, 15) is 0 Å². The summed E-state index contributed by atoms with van der Waals surface area (Å²) in [6, 6.07) is 6.46. The minimum atomic E-state index is -1.89. The van der Waals surface area contributed by atoms with Gasteiger partial charge >= 0.3 is 0 Å². The maximum Gasteiger partial charge on any atom is 0.236 e. The zero-order valence-electron chi connectivity index (χ0n) is 14.5. The lowest BCUT2D eigenvalue weighted by molar-refractivity contribution is 0.217. The van der Waals surface area contributed by atoms with Crippen molar-refractivity contribution in [3.63, 3.8) is 0 Å². The molecule has 1 aliphatic rings. The van der Waals surface area contributed by atoms with Crippen molar-refractivity contribution in [3.05, 3.63) is 39.9 Å². The molecule has 1 N–H and O–H groups in total. The summed E-state index contributed by atoms with van der Waals surface area (Å²) in [5.41, 5.74) is 8.81. The van der Waals surface area contributed by atoms with Gasteiger partial charge in [0.25, 0.3) is 0 Å². The molecule has 0 unspecified atom stereocenters. The molecule has 0 fully saturated rings. The summed E-state index contributed by atoms with van der Waals surface area (Å²) < 4.78 is 7.61. The molecule has 0 aromatic heterocycles. The van der Waals surface area contributed by atoms with Crippen LogP contribution in [0.2, 0.25) is 16.6 Å². The lowest BCUT2D eigenvalue weighted by Crippen LogP contribution is -2.50. The van der Waals surface area contributed by atoms with Gasteiger partial charge in [-0.25, -0.2) is 0 Å². The Hall–Kier alpha value is -0.583. The third-order valence-electron chi connectivity index (χ3n) is 4.93. The summed E-state index contributed by atoms with van der Waals surface area (Å²) in [4.78, 5) is 0. The van der Waals surface area contributed by atoms with Gasteiger partial charge in [-0.1, -0.05) is 69.6 Å². The van der Waals surface area contributed by atoms with Crippen LogP contribution in [0.15, 0.2) is 28.7 Å². The molecular formula is C18H28BrNOSi. The average Bonchev–Trinajstić information content (AvgIpc) is 2.80. The monoisotopic (exact) mass is 381 g/mol. The minimum Gasteiger partial charge on any atom is -0.321 e. The molecule has 122 valence electrons. The van der Waals surface area contributed by atoms with Crippen molar-refractivity contribution in [2.24, 2.45) is 0 Å². The van der Waals surface area contributed by atoms with Gasteiger partial charge in [0.05, 0.1) is 5.70 Å². The van der Waals surface area contributed by atoms with E-state index >= 15 is 0 Å². The van der Waals surface area contributed by atoms with Crippen molar-refractivity contribution in [3.8, 4) is 0 Å². The Morgan fingerprint density at radius 2 is 1.64 bits per heavy atom. The van der Waals surface area contributed by atoms with E-state index < -0.39 is 8.32 Å². The van der Waals surface area contributed by atoms with Crippen molar-refractivity contribution in [2.45, 2.75) is 64.6 Å². The molecule has 0 bridgehead atoms. The van der Waals surface area contributed by atoms with Crippen LogP contribution in [0, 0.1) is 0 Å². The molecular weight excluding hydrogens is 354 g/mol. The molecule has 22 heavy (non-hydrogen) atoms. The number of fused-ring (bicyclic) bond motifs is 1. The highest BCUT2D eigenvalue weighted by Gasteiger charge is 2.46.